The fourth-order valence-electron chi connectivity index (χ4n) is 2.27. The third-order valence-electron chi connectivity index (χ3n) is 3.33. The van der Waals surface area contributed by atoms with Crippen LogP contribution in [0.1, 0.15) is 12.0 Å². The Morgan fingerprint density at radius 2 is 2.14 bits per heavy atom. The minimum Gasteiger partial charge on any atom is -0.308 e. The molecule has 1 saturated heterocycles. The zero-order valence-corrected chi connectivity index (χ0v) is 12.0. The van der Waals surface area contributed by atoms with Crippen LogP contribution in [0.15, 0.2) is 30.3 Å². The number of carbonyl (C=O) groups is 2. The molecule has 0 bridgehead atoms. The molecule has 2 heterocycles. The fourth-order valence-corrected chi connectivity index (χ4v) is 3.04. The lowest BCUT2D eigenvalue weighted by atomic mass is 10.1. The number of aromatic nitrogens is 1. The minimum atomic E-state index is -0.220. The summed E-state index contributed by atoms with van der Waals surface area (Å²) < 4.78 is 0. The van der Waals surface area contributed by atoms with Crippen molar-refractivity contribution in [2.75, 3.05) is 11.2 Å². The standard InChI is InChI=1S/C14H14N4O2S/c15-17-13-10(7-9-3-1-2-4-11(9)16-13)8-18-12(19)5-6-21-14(18)20/h1-4,7H,5-6,8,15H2,(H,16,17). The second-order valence-corrected chi connectivity index (χ2v) is 5.72. The molecule has 1 aliphatic rings. The van der Waals surface area contributed by atoms with Crippen molar-refractivity contribution in [3.63, 3.8) is 0 Å². The van der Waals surface area contributed by atoms with Crippen molar-refractivity contribution in [3.05, 3.63) is 35.9 Å². The number of pyridine rings is 1. The van der Waals surface area contributed by atoms with Gasteiger partial charge >= 0.3 is 0 Å². The van der Waals surface area contributed by atoms with Crippen LogP contribution in [-0.2, 0) is 11.3 Å². The molecule has 6 nitrogen and oxygen atoms in total. The van der Waals surface area contributed by atoms with E-state index in [4.69, 9.17) is 5.84 Å². The molecule has 0 atom stereocenters. The molecular formula is C14H14N4O2S. The Kier molecular flexibility index (Phi) is 3.76. The average Bonchev–Trinajstić information content (AvgIpc) is 2.50. The first kappa shape index (κ1) is 13.8. The quantitative estimate of drug-likeness (QED) is 0.667. The van der Waals surface area contributed by atoms with Crippen LogP contribution in [0.2, 0.25) is 0 Å². The molecular weight excluding hydrogens is 288 g/mol. The van der Waals surface area contributed by atoms with Crippen LogP contribution in [0.3, 0.4) is 0 Å². The Labute approximate surface area is 125 Å². The van der Waals surface area contributed by atoms with Crippen molar-refractivity contribution in [1.29, 1.82) is 0 Å². The van der Waals surface area contributed by atoms with E-state index in [2.05, 4.69) is 10.4 Å². The summed E-state index contributed by atoms with van der Waals surface area (Å²) in [6.45, 7) is 0.183. The predicted molar refractivity (Wildman–Crippen MR) is 82.6 cm³/mol. The smallest absolute Gasteiger partial charge is 0.288 e. The van der Waals surface area contributed by atoms with Gasteiger partial charge in [0, 0.05) is 23.1 Å². The van der Waals surface area contributed by atoms with Gasteiger partial charge in [-0.3, -0.25) is 14.5 Å². The Morgan fingerprint density at radius 3 is 2.90 bits per heavy atom. The van der Waals surface area contributed by atoms with Crippen molar-refractivity contribution < 1.29 is 9.59 Å². The van der Waals surface area contributed by atoms with Crippen LogP contribution in [0.4, 0.5) is 10.6 Å². The molecule has 1 aromatic carbocycles. The number of rotatable bonds is 3. The van der Waals surface area contributed by atoms with Gasteiger partial charge in [-0.2, -0.15) is 0 Å². The number of hydrogen-bond donors (Lipinski definition) is 2. The highest BCUT2D eigenvalue weighted by Gasteiger charge is 2.27. The lowest BCUT2D eigenvalue weighted by Crippen LogP contribution is -2.37. The summed E-state index contributed by atoms with van der Waals surface area (Å²) in [6, 6.07) is 9.52. The van der Waals surface area contributed by atoms with E-state index in [0.717, 1.165) is 28.2 Å². The van der Waals surface area contributed by atoms with Gasteiger partial charge < -0.3 is 5.43 Å². The molecule has 7 heteroatoms. The summed E-state index contributed by atoms with van der Waals surface area (Å²) in [6.07, 6.45) is 0.378. The highest BCUT2D eigenvalue weighted by molar-refractivity contribution is 8.13. The number of anilines is 1. The monoisotopic (exact) mass is 302 g/mol. The number of fused-ring (bicyclic) bond motifs is 1. The summed E-state index contributed by atoms with van der Waals surface area (Å²) in [5, 5.41) is 0.721. The van der Waals surface area contributed by atoms with Gasteiger partial charge in [-0.05, 0) is 12.1 Å². The van der Waals surface area contributed by atoms with Gasteiger partial charge in [0.1, 0.15) is 5.82 Å². The third-order valence-corrected chi connectivity index (χ3v) is 4.21. The minimum absolute atomic E-state index is 0.158. The number of imide groups is 1. The Morgan fingerprint density at radius 1 is 1.33 bits per heavy atom. The van der Waals surface area contributed by atoms with E-state index in [0.29, 0.717) is 18.0 Å². The number of nitrogens with two attached hydrogens (primary N) is 1. The topological polar surface area (TPSA) is 88.3 Å². The van der Waals surface area contributed by atoms with Crippen LogP contribution in [0.5, 0.6) is 0 Å². The summed E-state index contributed by atoms with van der Waals surface area (Å²) >= 11 is 1.16. The van der Waals surface area contributed by atoms with Gasteiger partial charge in [0.15, 0.2) is 0 Å². The van der Waals surface area contributed by atoms with Crippen LogP contribution in [0, 0.1) is 0 Å². The molecule has 21 heavy (non-hydrogen) atoms. The molecule has 1 aromatic heterocycles. The third kappa shape index (κ3) is 2.70. The Hall–Kier alpha value is -2.12. The van der Waals surface area contributed by atoms with E-state index in [1.54, 1.807) is 0 Å². The Bertz CT molecular complexity index is 703. The maximum absolute atomic E-state index is 11.9. The van der Waals surface area contributed by atoms with Crippen LogP contribution >= 0.6 is 11.8 Å². The number of nitrogens with one attached hydrogen (secondary N) is 1. The van der Waals surface area contributed by atoms with Crippen LogP contribution in [0.25, 0.3) is 10.9 Å². The van der Waals surface area contributed by atoms with Gasteiger partial charge in [-0.1, -0.05) is 30.0 Å². The summed E-state index contributed by atoms with van der Waals surface area (Å²) in [4.78, 5) is 29.4. The molecule has 0 radical (unpaired) electrons. The number of hydrazine groups is 1. The van der Waals surface area contributed by atoms with Gasteiger partial charge in [0.05, 0.1) is 12.1 Å². The molecule has 108 valence electrons. The molecule has 0 saturated carbocycles. The van der Waals surface area contributed by atoms with Crippen LogP contribution in [-0.4, -0.2) is 26.8 Å². The second-order valence-electron chi connectivity index (χ2n) is 4.68. The van der Waals surface area contributed by atoms with Gasteiger partial charge in [0.25, 0.3) is 5.24 Å². The number of para-hydroxylation sites is 1. The number of thioether (sulfide) groups is 1. The summed E-state index contributed by atoms with van der Waals surface area (Å²) in [5.41, 5.74) is 4.07. The van der Waals surface area contributed by atoms with Gasteiger partial charge in [-0.15, -0.1) is 0 Å². The Balaban J connectivity index is 1.98. The summed E-state index contributed by atoms with van der Waals surface area (Å²) in [5.74, 6) is 6.38. The van der Waals surface area contributed by atoms with Gasteiger partial charge in [0.2, 0.25) is 5.91 Å². The average molecular weight is 302 g/mol. The molecule has 0 spiro atoms. The van der Waals surface area contributed by atoms with Crippen LogP contribution < -0.4 is 11.3 Å². The second kappa shape index (κ2) is 5.71. The highest BCUT2D eigenvalue weighted by Crippen LogP contribution is 2.25. The molecule has 0 aliphatic carbocycles. The number of amides is 2. The van der Waals surface area contributed by atoms with E-state index >= 15 is 0 Å². The fraction of sp³-hybridized carbons (Fsp3) is 0.214. The number of nitrogens with zero attached hydrogens (tertiary/aromatic N) is 2. The first-order valence-electron chi connectivity index (χ1n) is 6.51. The first-order chi connectivity index (χ1) is 10.2. The lowest BCUT2D eigenvalue weighted by molar-refractivity contribution is -0.128. The number of benzene rings is 1. The van der Waals surface area contributed by atoms with E-state index < -0.39 is 0 Å². The van der Waals surface area contributed by atoms with Gasteiger partial charge in [-0.25, -0.2) is 10.8 Å². The lowest BCUT2D eigenvalue weighted by Gasteiger charge is -2.24. The SMILES string of the molecule is NNc1nc2ccccc2cc1CN1C(=O)CCSC1=O. The van der Waals surface area contributed by atoms with Crippen molar-refractivity contribution in [1.82, 2.24) is 9.88 Å². The largest absolute Gasteiger partial charge is 0.308 e. The zero-order valence-electron chi connectivity index (χ0n) is 11.2. The predicted octanol–water partition coefficient (Wildman–Crippen LogP) is 2.11. The highest BCUT2D eigenvalue weighted by atomic mass is 32.2. The number of hydrogen-bond acceptors (Lipinski definition) is 6. The zero-order chi connectivity index (χ0) is 14.8. The molecule has 2 amide bonds. The molecule has 1 fully saturated rings. The maximum Gasteiger partial charge on any atom is 0.288 e. The van der Waals surface area contributed by atoms with Crippen molar-refractivity contribution >= 4 is 39.6 Å². The number of carbonyl (C=O) groups excluding carboxylic acids is 2. The molecule has 2 aromatic rings. The van der Waals surface area contributed by atoms with Crippen molar-refractivity contribution in [3.8, 4) is 0 Å². The van der Waals surface area contributed by atoms with E-state index in [9.17, 15) is 9.59 Å². The van der Waals surface area contributed by atoms with E-state index in [-0.39, 0.29) is 17.7 Å². The van der Waals surface area contributed by atoms with E-state index in [1.165, 1.54) is 4.90 Å². The molecule has 1 aliphatic heterocycles. The number of nitrogen functional groups attached to an aromatic ring is 1. The first-order valence-corrected chi connectivity index (χ1v) is 7.50. The normalized spacial score (nSPS) is 15.6. The van der Waals surface area contributed by atoms with E-state index in [1.807, 2.05) is 30.3 Å². The van der Waals surface area contributed by atoms with Crippen molar-refractivity contribution in [2.24, 2.45) is 5.84 Å². The maximum atomic E-state index is 11.9. The summed E-state index contributed by atoms with van der Waals surface area (Å²) in [7, 11) is 0. The molecule has 0 unspecified atom stereocenters. The van der Waals surface area contributed by atoms with Crippen molar-refractivity contribution in [2.45, 2.75) is 13.0 Å². The molecule has 3 rings (SSSR count). The molecule has 3 N–H and O–H groups in total.